The van der Waals surface area contributed by atoms with Gasteiger partial charge in [0.1, 0.15) is 11.5 Å². The van der Waals surface area contributed by atoms with Crippen LogP contribution in [0.2, 0.25) is 0 Å². The number of carboxylic acids is 1. The Hall–Kier alpha value is -3.08. The largest absolute Gasteiger partial charge is 0.490 e. The number of pyridine rings is 1. The van der Waals surface area contributed by atoms with Crippen LogP contribution in [0, 0.1) is 0 Å². The molecule has 0 saturated carbocycles. The number of hydrogen-bond donors (Lipinski definition) is 2. The van der Waals surface area contributed by atoms with Crippen LogP contribution in [-0.2, 0) is 16.6 Å². The fraction of sp³-hybridized carbons (Fsp3) is 0.476. The molecule has 0 aliphatic carbocycles. The van der Waals surface area contributed by atoms with Crippen molar-refractivity contribution in [3.8, 4) is 0 Å². The zero-order chi connectivity index (χ0) is 23.4. The average Bonchev–Trinajstić information content (AvgIpc) is 3.34. The summed E-state index contributed by atoms with van der Waals surface area (Å²) in [6, 6.07) is 9.88. The Morgan fingerprint density at radius 1 is 1.28 bits per heavy atom. The van der Waals surface area contributed by atoms with Crippen molar-refractivity contribution in [1.82, 2.24) is 14.5 Å². The zero-order valence-electron chi connectivity index (χ0n) is 17.5. The van der Waals surface area contributed by atoms with Crippen molar-refractivity contribution in [2.24, 2.45) is 7.05 Å². The maximum atomic E-state index is 12.8. The summed E-state index contributed by atoms with van der Waals surface area (Å²) in [7, 11) is 1.91. The van der Waals surface area contributed by atoms with Crippen molar-refractivity contribution in [1.29, 1.82) is 0 Å². The first-order valence-electron chi connectivity index (χ1n) is 10.1. The second-order valence-electron chi connectivity index (χ2n) is 7.89. The molecule has 2 atom stereocenters. The topological polar surface area (TPSA) is 96.7 Å². The summed E-state index contributed by atoms with van der Waals surface area (Å²) in [4.78, 5) is 28.0. The summed E-state index contributed by atoms with van der Waals surface area (Å²) in [6.07, 6.45) is 1.50. The highest BCUT2D eigenvalue weighted by atomic mass is 19.4. The van der Waals surface area contributed by atoms with Crippen molar-refractivity contribution in [2.45, 2.75) is 37.1 Å². The fourth-order valence-corrected chi connectivity index (χ4v) is 4.00. The highest BCUT2D eigenvalue weighted by Crippen LogP contribution is 2.36. The van der Waals surface area contributed by atoms with Gasteiger partial charge in [-0.2, -0.15) is 13.2 Å². The van der Waals surface area contributed by atoms with Gasteiger partial charge in [0, 0.05) is 32.4 Å². The number of aryl methyl sites for hydroxylation is 1. The number of halogens is 3. The molecule has 11 heteroatoms. The first-order chi connectivity index (χ1) is 15.1. The number of carbonyl (C=O) groups excluding carboxylic acids is 1. The van der Waals surface area contributed by atoms with Gasteiger partial charge in [-0.3, -0.25) is 4.79 Å². The van der Waals surface area contributed by atoms with Gasteiger partial charge in [0.15, 0.2) is 0 Å². The first kappa shape index (κ1) is 23.6. The monoisotopic (exact) mass is 454 g/mol. The first-order valence-corrected chi connectivity index (χ1v) is 10.1. The van der Waals surface area contributed by atoms with Crippen LogP contribution in [0.25, 0.3) is 0 Å². The van der Waals surface area contributed by atoms with E-state index in [1.165, 1.54) is 0 Å². The normalized spacial score (nSPS) is 22.9. The van der Waals surface area contributed by atoms with E-state index in [0.717, 1.165) is 37.3 Å². The number of hydrogen-bond acceptors (Lipinski definition) is 5. The Kier molecular flexibility index (Phi) is 7.07. The quantitative estimate of drug-likeness (QED) is 0.741. The molecule has 2 aliphatic heterocycles. The number of nitrogens with one attached hydrogen (secondary N) is 1. The molecule has 2 unspecified atom stereocenters. The molecule has 174 valence electrons. The summed E-state index contributed by atoms with van der Waals surface area (Å²) in [5.41, 5.74) is 0.504. The van der Waals surface area contributed by atoms with Gasteiger partial charge in [0.2, 0.25) is 0 Å². The third-order valence-corrected chi connectivity index (χ3v) is 5.46. The number of likely N-dealkylation sites (tertiary alicyclic amines) is 1. The van der Waals surface area contributed by atoms with Crippen LogP contribution in [0.15, 0.2) is 42.7 Å². The summed E-state index contributed by atoms with van der Waals surface area (Å²) in [5, 5.41) is 10.6. The van der Waals surface area contributed by atoms with Crippen LogP contribution in [0.4, 0.5) is 19.0 Å². The minimum absolute atomic E-state index is 0.0938. The van der Waals surface area contributed by atoms with Gasteiger partial charge in [0.05, 0.1) is 24.8 Å². The molecule has 4 heterocycles. The molecule has 2 aliphatic rings. The molecule has 0 radical (unpaired) electrons. The number of nitrogens with zero attached hydrogens (tertiary/aromatic N) is 3. The maximum absolute atomic E-state index is 12.8. The van der Waals surface area contributed by atoms with Gasteiger partial charge in [-0.1, -0.05) is 6.07 Å². The second kappa shape index (κ2) is 9.60. The fourth-order valence-electron chi connectivity index (χ4n) is 4.00. The smallest absolute Gasteiger partial charge is 0.475 e. The summed E-state index contributed by atoms with van der Waals surface area (Å²) in [6.45, 7) is 2.12. The molecule has 1 amide bonds. The predicted molar refractivity (Wildman–Crippen MR) is 109 cm³/mol. The van der Waals surface area contributed by atoms with Crippen molar-refractivity contribution in [3.63, 3.8) is 0 Å². The van der Waals surface area contributed by atoms with Crippen LogP contribution in [-0.4, -0.2) is 68.9 Å². The van der Waals surface area contributed by atoms with E-state index in [4.69, 9.17) is 14.6 Å². The molecule has 0 aromatic carbocycles. The lowest BCUT2D eigenvalue weighted by Crippen LogP contribution is -2.50. The highest BCUT2D eigenvalue weighted by Gasteiger charge is 2.45. The van der Waals surface area contributed by atoms with Crippen LogP contribution in [0.3, 0.4) is 0 Å². The van der Waals surface area contributed by atoms with Gasteiger partial charge in [-0.25, -0.2) is 9.78 Å². The van der Waals surface area contributed by atoms with Gasteiger partial charge >= 0.3 is 12.1 Å². The number of rotatable bonds is 3. The van der Waals surface area contributed by atoms with E-state index in [1.54, 1.807) is 6.20 Å². The molecule has 2 aromatic heterocycles. The van der Waals surface area contributed by atoms with E-state index in [1.807, 2.05) is 53.0 Å². The lowest BCUT2D eigenvalue weighted by atomic mass is 9.88. The van der Waals surface area contributed by atoms with Crippen molar-refractivity contribution in [2.75, 3.05) is 25.0 Å². The molecule has 4 rings (SSSR count). The van der Waals surface area contributed by atoms with Crippen LogP contribution >= 0.6 is 0 Å². The molecule has 2 saturated heterocycles. The molecule has 8 nitrogen and oxygen atoms in total. The summed E-state index contributed by atoms with van der Waals surface area (Å²) >= 11 is 0. The molecule has 2 fully saturated rings. The Labute approximate surface area is 183 Å². The minimum atomic E-state index is -5.08. The number of anilines is 1. The maximum Gasteiger partial charge on any atom is 0.490 e. The highest BCUT2D eigenvalue weighted by molar-refractivity contribution is 5.92. The predicted octanol–water partition coefficient (Wildman–Crippen LogP) is 2.93. The van der Waals surface area contributed by atoms with E-state index < -0.39 is 12.1 Å². The van der Waals surface area contributed by atoms with Gasteiger partial charge < -0.3 is 24.6 Å². The van der Waals surface area contributed by atoms with Crippen LogP contribution in [0.1, 0.15) is 29.8 Å². The summed E-state index contributed by atoms with van der Waals surface area (Å²) < 4.78 is 39.8. The standard InChI is InChI=1S/C19H24N4O2.C2HF3O2/c1-22-10-4-6-16(22)18(24)23-11-5-8-19(14-23)12-15(13-25-19)21-17-7-2-3-9-20-17;3-2(4,5)1(6)7/h2-4,6-7,9-10,15H,5,8,11-14H2,1H3,(H,20,21);(H,6,7). The van der Waals surface area contributed by atoms with Gasteiger partial charge in [-0.05, 0) is 37.1 Å². The number of aliphatic carboxylic acids is 1. The average molecular weight is 454 g/mol. The second-order valence-corrected chi connectivity index (χ2v) is 7.89. The number of piperidine rings is 1. The molecule has 0 bridgehead atoms. The molecular weight excluding hydrogens is 429 g/mol. The van der Waals surface area contributed by atoms with E-state index in [9.17, 15) is 18.0 Å². The SMILES string of the molecule is Cn1cccc1C(=O)N1CCCC2(CC(Nc3ccccn3)CO2)C1.O=C(O)C(F)(F)F. The number of aromatic nitrogens is 2. The van der Waals surface area contributed by atoms with Crippen molar-refractivity contribution in [3.05, 3.63) is 48.4 Å². The number of amides is 1. The van der Waals surface area contributed by atoms with Gasteiger partial charge in [-0.15, -0.1) is 0 Å². The molecule has 32 heavy (non-hydrogen) atoms. The Bertz CT molecular complexity index is 935. The van der Waals surface area contributed by atoms with E-state index in [2.05, 4.69) is 10.3 Å². The molecular formula is C21H25F3N4O4. The Morgan fingerprint density at radius 2 is 2.03 bits per heavy atom. The number of carboxylic acid groups (broad SMARTS) is 1. The third kappa shape index (κ3) is 5.78. The minimum Gasteiger partial charge on any atom is -0.475 e. The van der Waals surface area contributed by atoms with E-state index >= 15 is 0 Å². The van der Waals surface area contributed by atoms with E-state index in [-0.39, 0.29) is 17.6 Å². The molecule has 1 spiro atoms. The van der Waals surface area contributed by atoms with Crippen molar-refractivity contribution < 1.29 is 32.6 Å². The number of alkyl halides is 3. The third-order valence-electron chi connectivity index (χ3n) is 5.46. The van der Waals surface area contributed by atoms with Crippen molar-refractivity contribution >= 4 is 17.7 Å². The van der Waals surface area contributed by atoms with E-state index in [0.29, 0.717) is 13.2 Å². The molecule has 2 N–H and O–H groups in total. The lowest BCUT2D eigenvalue weighted by molar-refractivity contribution is -0.192. The van der Waals surface area contributed by atoms with Crippen LogP contribution < -0.4 is 5.32 Å². The van der Waals surface area contributed by atoms with Gasteiger partial charge in [0.25, 0.3) is 5.91 Å². The molecule has 2 aromatic rings. The summed E-state index contributed by atoms with van der Waals surface area (Å²) in [5.74, 6) is -1.79. The lowest BCUT2D eigenvalue weighted by Gasteiger charge is -2.39. The Balaban J connectivity index is 0.000000360. The number of ether oxygens (including phenoxy) is 1. The van der Waals surface area contributed by atoms with Crippen LogP contribution in [0.5, 0.6) is 0 Å². The Morgan fingerprint density at radius 3 is 2.62 bits per heavy atom. The number of carbonyl (C=O) groups is 2. The zero-order valence-corrected chi connectivity index (χ0v) is 17.5.